The molecule has 1 aliphatic heterocycles. The van der Waals surface area contributed by atoms with Crippen molar-refractivity contribution in [3.05, 3.63) is 23.9 Å². The quantitative estimate of drug-likeness (QED) is 0.846. The van der Waals surface area contributed by atoms with Gasteiger partial charge in [0.25, 0.3) is 0 Å². The number of aryl methyl sites for hydroxylation is 1. The molecule has 0 amide bonds. The largest absolute Gasteiger partial charge is 0.396 e. The van der Waals surface area contributed by atoms with E-state index in [0.29, 0.717) is 12.5 Å². The van der Waals surface area contributed by atoms with Crippen molar-refractivity contribution in [2.75, 3.05) is 24.6 Å². The molecule has 1 fully saturated rings. The molecule has 1 aliphatic rings. The summed E-state index contributed by atoms with van der Waals surface area (Å²) in [6.45, 7) is 4.53. The Bertz CT molecular complexity index is 315. The lowest BCUT2D eigenvalue weighted by atomic mass is 9.94. The average molecular weight is 220 g/mol. The zero-order chi connectivity index (χ0) is 11.4. The zero-order valence-corrected chi connectivity index (χ0v) is 9.89. The summed E-state index contributed by atoms with van der Waals surface area (Å²) in [6, 6.07) is 4.21. The minimum atomic E-state index is 0.327. The number of rotatable bonds is 3. The summed E-state index contributed by atoms with van der Waals surface area (Å²) >= 11 is 0. The Hall–Kier alpha value is -1.09. The van der Waals surface area contributed by atoms with Crippen LogP contribution in [-0.4, -0.2) is 29.8 Å². The van der Waals surface area contributed by atoms with Gasteiger partial charge < -0.3 is 10.0 Å². The van der Waals surface area contributed by atoms with Gasteiger partial charge in [-0.2, -0.15) is 0 Å². The van der Waals surface area contributed by atoms with Crippen LogP contribution in [0.15, 0.2) is 18.3 Å². The Labute approximate surface area is 97.1 Å². The van der Waals surface area contributed by atoms with Gasteiger partial charge in [0.1, 0.15) is 5.82 Å². The number of pyridine rings is 1. The molecule has 0 unspecified atom stereocenters. The molecule has 3 heteroatoms. The molecule has 0 spiro atoms. The third-order valence-corrected chi connectivity index (χ3v) is 3.37. The van der Waals surface area contributed by atoms with Crippen molar-refractivity contribution in [2.24, 2.45) is 5.92 Å². The first kappa shape index (κ1) is 11.4. The monoisotopic (exact) mass is 220 g/mol. The molecule has 2 heterocycles. The molecule has 88 valence electrons. The number of hydrogen-bond donors (Lipinski definition) is 1. The van der Waals surface area contributed by atoms with Gasteiger partial charge in [0, 0.05) is 25.9 Å². The molecule has 0 saturated carbocycles. The van der Waals surface area contributed by atoms with E-state index < -0.39 is 0 Å². The van der Waals surface area contributed by atoms with Gasteiger partial charge in [0.15, 0.2) is 0 Å². The lowest BCUT2D eigenvalue weighted by molar-refractivity contribution is 0.240. The van der Waals surface area contributed by atoms with Crippen molar-refractivity contribution in [1.29, 1.82) is 0 Å². The smallest absolute Gasteiger partial charge is 0.128 e. The number of nitrogens with zero attached hydrogens (tertiary/aromatic N) is 2. The van der Waals surface area contributed by atoms with E-state index in [0.717, 1.165) is 25.3 Å². The third-order valence-electron chi connectivity index (χ3n) is 3.37. The summed E-state index contributed by atoms with van der Waals surface area (Å²) in [5.74, 6) is 1.79. The van der Waals surface area contributed by atoms with Crippen molar-refractivity contribution >= 4 is 5.82 Å². The maximum atomic E-state index is 8.91. The number of aliphatic hydroxyl groups excluding tert-OH is 1. The Kier molecular flexibility index (Phi) is 3.78. The van der Waals surface area contributed by atoms with Crippen LogP contribution in [0.2, 0.25) is 0 Å². The fraction of sp³-hybridized carbons (Fsp3) is 0.615. The molecule has 1 aromatic heterocycles. The highest BCUT2D eigenvalue weighted by atomic mass is 16.3. The summed E-state index contributed by atoms with van der Waals surface area (Å²) in [7, 11) is 0. The molecule has 2 rings (SSSR count). The van der Waals surface area contributed by atoms with E-state index in [2.05, 4.69) is 28.9 Å². The Morgan fingerprint density at radius 1 is 1.38 bits per heavy atom. The second-order valence-electron chi connectivity index (χ2n) is 4.64. The summed E-state index contributed by atoms with van der Waals surface area (Å²) in [5, 5.41) is 8.91. The van der Waals surface area contributed by atoms with Crippen LogP contribution >= 0.6 is 0 Å². The highest BCUT2D eigenvalue weighted by molar-refractivity contribution is 5.39. The van der Waals surface area contributed by atoms with Gasteiger partial charge >= 0.3 is 0 Å². The molecular weight excluding hydrogens is 200 g/mol. The van der Waals surface area contributed by atoms with Crippen molar-refractivity contribution in [2.45, 2.75) is 26.2 Å². The standard InChI is InChI=1S/C13H20N2O/c1-11-2-3-13(14-10-11)15-7-4-12(5-8-15)6-9-16/h2-3,10,12,16H,4-9H2,1H3. The van der Waals surface area contributed by atoms with E-state index in [4.69, 9.17) is 5.11 Å². The predicted octanol–water partition coefficient (Wildman–Crippen LogP) is 1.99. The van der Waals surface area contributed by atoms with E-state index in [1.165, 1.54) is 18.4 Å². The van der Waals surface area contributed by atoms with Gasteiger partial charge in [-0.05, 0) is 43.7 Å². The summed E-state index contributed by atoms with van der Waals surface area (Å²) < 4.78 is 0. The number of anilines is 1. The highest BCUT2D eigenvalue weighted by Crippen LogP contribution is 2.23. The minimum Gasteiger partial charge on any atom is -0.396 e. The van der Waals surface area contributed by atoms with Crippen LogP contribution in [0.25, 0.3) is 0 Å². The normalized spacial score (nSPS) is 17.8. The molecule has 1 saturated heterocycles. The maximum Gasteiger partial charge on any atom is 0.128 e. The second kappa shape index (κ2) is 5.30. The lowest BCUT2D eigenvalue weighted by Crippen LogP contribution is -2.34. The molecule has 0 aromatic carbocycles. The molecule has 1 N–H and O–H groups in total. The summed E-state index contributed by atoms with van der Waals surface area (Å²) in [5.41, 5.74) is 1.21. The number of hydrogen-bond acceptors (Lipinski definition) is 3. The molecule has 0 radical (unpaired) electrons. The Morgan fingerprint density at radius 3 is 2.69 bits per heavy atom. The van der Waals surface area contributed by atoms with Gasteiger partial charge in [-0.3, -0.25) is 0 Å². The number of aliphatic hydroxyl groups is 1. The summed E-state index contributed by atoms with van der Waals surface area (Å²) in [6.07, 6.45) is 5.23. The van der Waals surface area contributed by atoms with Gasteiger partial charge in [-0.15, -0.1) is 0 Å². The van der Waals surface area contributed by atoms with Crippen molar-refractivity contribution in [3.63, 3.8) is 0 Å². The SMILES string of the molecule is Cc1ccc(N2CCC(CCO)CC2)nc1. The van der Waals surface area contributed by atoms with Gasteiger partial charge in [0.2, 0.25) is 0 Å². The van der Waals surface area contributed by atoms with Crippen LogP contribution in [0, 0.1) is 12.8 Å². The van der Waals surface area contributed by atoms with Crippen LogP contribution in [-0.2, 0) is 0 Å². The first-order chi connectivity index (χ1) is 7.79. The number of aromatic nitrogens is 1. The minimum absolute atomic E-state index is 0.327. The topological polar surface area (TPSA) is 36.4 Å². The van der Waals surface area contributed by atoms with Crippen molar-refractivity contribution in [1.82, 2.24) is 4.98 Å². The molecule has 16 heavy (non-hydrogen) atoms. The number of piperidine rings is 1. The van der Waals surface area contributed by atoms with Crippen LogP contribution in [0.4, 0.5) is 5.82 Å². The zero-order valence-electron chi connectivity index (χ0n) is 9.89. The maximum absolute atomic E-state index is 8.91. The van der Waals surface area contributed by atoms with Crippen molar-refractivity contribution < 1.29 is 5.11 Å². The van der Waals surface area contributed by atoms with E-state index in [9.17, 15) is 0 Å². The van der Waals surface area contributed by atoms with Crippen LogP contribution < -0.4 is 4.90 Å². The second-order valence-corrected chi connectivity index (χ2v) is 4.64. The third kappa shape index (κ3) is 2.73. The molecule has 0 aliphatic carbocycles. The Morgan fingerprint density at radius 2 is 2.12 bits per heavy atom. The molecule has 0 atom stereocenters. The molecular formula is C13H20N2O. The van der Waals surface area contributed by atoms with Gasteiger partial charge in [0.05, 0.1) is 0 Å². The molecule has 1 aromatic rings. The predicted molar refractivity (Wildman–Crippen MR) is 65.6 cm³/mol. The van der Waals surface area contributed by atoms with Crippen LogP contribution in [0.3, 0.4) is 0 Å². The highest BCUT2D eigenvalue weighted by Gasteiger charge is 2.19. The van der Waals surface area contributed by atoms with E-state index in [1.807, 2.05) is 6.20 Å². The van der Waals surface area contributed by atoms with Gasteiger partial charge in [-0.1, -0.05) is 6.07 Å². The van der Waals surface area contributed by atoms with E-state index in [-0.39, 0.29) is 0 Å². The van der Waals surface area contributed by atoms with Crippen LogP contribution in [0.5, 0.6) is 0 Å². The fourth-order valence-electron chi connectivity index (χ4n) is 2.28. The Balaban J connectivity index is 1.91. The average Bonchev–Trinajstić information content (AvgIpc) is 2.32. The van der Waals surface area contributed by atoms with Gasteiger partial charge in [-0.25, -0.2) is 4.98 Å². The fourth-order valence-corrected chi connectivity index (χ4v) is 2.28. The van der Waals surface area contributed by atoms with Crippen molar-refractivity contribution in [3.8, 4) is 0 Å². The van der Waals surface area contributed by atoms with Crippen LogP contribution in [0.1, 0.15) is 24.8 Å². The first-order valence-corrected chi connectivity index (χ1v) is 6.08. The molecule has 0 bridgehead atoms. The summed E-state index contributed by atoms with van der Waals surface area (Å²) in [4.78, 5) is 6.79. The van der Waals surface area contributed by atoms with E-state index in [1.54, 1.807) is 0 Å². The lowest BCUT2D eigenvalue weighted by Gasteiger charge is -2.32. The first-order valence-electron chi connectivity index (χ1n) is 6.08. The molecule has 3 nitrogen and oxygen atoms in total. The van der Waals surface area contributed by atoms with E-state index >= 15 is 0 Å².